The van der Waals surface area contributed by atoms with Crippen LogP contribution >= 0.6 is 0 Å². The predicted molar refractivity (Wildman–Crippen MR) is 88.9 cm³/mol. The normalized spacial score (nSPS) is 20.8. The number of hydrogen-bond acceptors (Lipinski definition) is 3. The van der Waals surface area contributed by atoms with Crippen molar-refractivity contribution in [3.8, 4) is 5.75 Å². The highest BCUT2D eigenvalue weighted by Crippen LogP contribution is 2.29. The molecule has 24 heavy (non-hydrogen) atoms. The molecule has 1 aromatic carbocycles. The van der Waals surface area contributed by atoms with E-state index < -0.39 is 5.92 Å². The lowest BCUT2D eigenvalue weighted by molar-refractivity contribution is -0.117. The van der Waals surface area contributed by atoms with Gasteiger partial charge in [0.2, 0.25) is 5.91 Å². The number of carbonyl (C=O) groups is 1. The average Bonchev–Trinajstić information content (AvgIpc) is 3.13. The Bertz CT molecular complexity index is 607. The van der Waals surface area contributed by atoms with Gasteiger partial charge in [0, 0.05) is 38.2 Å². The number of hydrogen-bond donors (Lipinski definition) is 0. The topological polar surface area (TPSA) is 32.8 Å². The van der Waals surface area contributed by atoms with Crippen LogP contribution in [-0.2, 0) is 11.2 Å². The third-order valence-electron chi connectivity index (χ3n) is 4.72. The molecule has 2 heterocycles. The lowest BCUT2D eigenvalue weighted by atomic mass is 10.1. The van der Waals surface area contributed by atoms with Crippen molar-refractivity contribution < 1.29 is 18.3 Å². The highest BCUT2D eigenvalue weighted by molar-refractivity contribution is 5.95. The molecule has 0 atom stereocenters. The smallest absolute Gasteiger partial charge is 0.261 e. The van der Waals surface area contributed by atoms with Crippen LogP contribution in [0.3, 0.4) is 0 Å². The van der Waals surface area contributed by atoms with Gasteiger partial charge in [-0.3, -0.25) is 9.69 Å². The maximum Gasteiger partial charge on any atom is 0.261 e. The highest BCUT2D eigenvalue weighted by Gasteiger charge is 2.37. The van der Waals surface area contributed by atoms with Crippen molar-refractivity contribution in [3.05, 3.63) is 23.8 Å². The summed E-state index contributed by atoms with van der Waals surface area (Å²) in [6, 6.07) is 5.79. The first kappa shape index (κ1) is 17.1. The lowest BCUT2D eigenvalue weighted by Gasteiger charge is -2.20. The van der Waals surface area contributed by atoms with E-state index in [1.165, 1.54) is 0 Å². The second-order valence-electron chi connectivity index (χ2n) is 6.53. The SMILES string of the molecule is CCc1cc(N2CCCC2=O)ccc1OCCN1CCC(F)(F)C1. The molecule has 132 valence electrons. The zero-order chi connectivity index (χ0) is 17.2. The van der Waals surface area contributed by atoms with E-state index in [-0.39, 0.29) is 18.9 Å². The minimum absolute atomic E-state index is 0.0637. The molecule has 2 saturated heterocycles. The molecule has 0 radical (unpaired) electrons. The first-order chi connectivity index (χ1) is 11.5. The summed E-state index contributed by atoms with van der Waals surface area (Å²) >= 11 is 0. The maximum absolute atomic E-state index is 13.2. The summed E-state index contributed by atoms with van der Waals surface area (Å²) in [5.74, 6) is -1.61. The van der Waals surface area contributed by atoms with Gasteiger partial charge in [0.25, 0.3) is 5.92 Å². The number of rotatable bonds is 6. The molecule has 0 aliphatic carbocycles. The zero-order valence-corrected chi connectivity index (χ0v) is 14.1. The van der Waals surface area contributed by atoms with E-state index in [2.05, 4.69) is 0 Å². The first-order valence-electron chi connectivity index (χ1n) is 8.65. The van der Waals surface area contributed by atoms with E-state index in [0.717, 1.165) is 36.4 Å². The number of alkyl halides is 2. The Labute approximate surface area is 141 Å². The summed E-state index contributed by atoms with van der Waals surface area (Å²) in [6.07, 6.45) is 2.25. The van der Waals surface area contributed by atoms with E-state index in [4.69, 9.17) is 4.74 Å². The molecule has 1 aromatic rings. The van der Waals surface area contributed by atoms with E-state index in [0.29, 0.717) is 26.1 Å². The Morgan fingerprint density at radius 3 is 2.75 bits per heavy atom. The van der Waals surface area contributed by atoms with Crippen molar-refractivity contribution in [2.45, 2.75) is 38.5 Å². The standard InChI is InChI=1S/C18H24F2N2O2/c1-2-14-12-15(22-8-3-4-17(22)23)5-6-16(14)24-11-10-21-9-7-18(19,20)13-21/h5-6,12H,2-4,7-11,13H2,1H3. The van der Waals surface area contributed by atoms with Gasteiger partial charge in [-0.15, -0.1) is 0 Å². The van der Waals surface area contributed by atoms with Crippen LogP contribution in [0.25, 0.3) is 0 Å². The molecule has 0 saturated carbocycles. The number of halogens is 2. The van der Waals surface area contributed by atoms with Crippen molar-refractivity contribution in [1.82, 2.24) is 4.90 Å². The second kappa shape index (κ2) is 7.05. The molecule has 0 unspecified atom stereocenters. The van der Waals surface area contributed by atoms with Crippen LogP contribution in [-0.4, -0.2) is 49.5 Å². The highest BCUT2D eigenvalue weighted by atomic mass is 19.3. The molecule has 0 aromatic heterocycles. The number of benzene rings is 1. The Hall–Kier alpha value is -1.69. The summed E-state index contributed by atoms with van der Waals surface area (Å²) in [5, 5.41) is 0. The Morgan fingerprint density at radius 2 is 2.12 bits per heavy atom. The van der Waals surface area contributed by atoms with Crippen LogP contribution < -0.4 is 9.64 Å². The van der Waals surface area contributed by atoms with Crippen molar-refractivity contribution >= 4 is 11.6 Å². The number of ether oxygens (including phenoxy) is 1. The molecule has 1 amide bonds. The summed E-state index contributed by atoms with van der Waals surface area (Å²) in [7, 11) is 0. The Morgan fingerprint density at radius 1 is 1.29 bits per heavy atom. The molecule has 0 spiro atoms. The molecule has 0 bridgehead atoms. The van der Waals surface area contributed by atoms with Crippen LogP contribution in [0.2, 0.25) is 0 Å². The number of likely N-dealkylation sites (tertiary alicyclic amines) is 1. The average molecular weight is 338 g/mol. The molecule has 2 fully saturated rings. The molecule has 3 rings (SSSR count). The van der Waals surface area contributed by atoms with Crippen LogP contribution in [0.1, 0.15) is 31.7 Å². The molecule has 2 aliphatic rings. The van der Waals surface area contributed by atoms with E-state index >= 15 is 0 Å². The van der Waals surface area contributed by atoms with Crippen molar-refractivity contribution in [1.29, 1.82) is 0 Å². The second-order valence-corrected chi connectivity index (χ2v) is 6.53. The summed E-state index contributed by atoms with van der Waals surface area (Å²) < 4.78 is 32.2. The zero-order valence-electron chi connectivity index (χ0n) is 14.1. The fourth-order valence-corrected chi connectivity index (χ4v) is 3.35. The number of aryl methyl sites for hydroxylation is 1. The minimum Gasteiger partial charge on any atom is -0.492 e. The van der Waals surface area contributed by atoms with Crippen molar-refractivity contribution in [2.75, 3.05) is 37.7 Å². The van der Waals surface area contributed by atoms with Gasteiger partial charge in [-0.1, -0.05) is 6.92 Å². The van der Waals surface area contributed by atoms with Gasteiger partial charge in [0.05, 0.1) is 6.54 Å². The van der Waals surface area contributed by atoms with Gasteiger partial charge < -0.3 is 9.64 Å². The van der Waals surface area contributed by atoms with Gasteiger partial charge in [-0.2, -0.15) is 0 Å². The van der Waals surface area contributed by atoms with Crippen LogP contribution in [0.4, 0.5) is 14.5 Å². The Kier molecular flexibility index (Phi) is 5.04. The van der Waals surface area contributed by atoms with E-state index in [1.54, 1.807) is 4.90 Å². The van der Waals surface area contributed by atoms with Crippen LogP contribution in [0.5, 0.6) is 5.75 Å². The molecule has 0 N–H and O–H groups in total. The van der Waals surface area contributed by atoms with Crippen molar-refractivity contribution in [2.24, 2.45) is 0 Å². The summed E-state index contributed by atoms with van der Waals surface area (Å²) in [6.45, 7) is 3.96. The molecule has 4 nitrogen and oxygen atoms in total. The fourth-order valence-electron chi connectivity index (χ4n) is 3.35. The number of nitrogens with zero attached hydrogens (tertiary/aromatic N) is 2. The number of carbonyl (C=O) groups excluding carboxylic acids is 1. The summed E-state index contributed by atoms with van der Waals surface area (Å²) in [4.78, 5) is 15.4. The molecule has 2 aliphatic heterocycles. The molecular formula is C18H24F2N2O2. The predicted octanol–water partition coefficient (Wildman–Crippen LogP) is 3.10. The van der Waals surface area contributed by atoms with Crippen LogP contribution in [0, 0.1) is 0 Å². The van der Waals surface area contributed by atoms with Crippen LogP contribution in [0.15, 0.2) is 18.2 Å². The van der Waals surface area contributed by atoms with Gasteiger partial charge in [0.15, 0.2) is 0 Å². The lowest BCUT2D eigenvalue weighted by Crippen LogP contribution is -2.29. The first-order valence-corrected chi connectivity index (χ1v) is 8.65. The van der Waals surface area contributed by atoms with Gasteiger partial charge in [-0.25, -0.2) is 8.78 Å². The van der Waals surface area contributed by atoms with Crippen molar-refractivity contribution in [3.63, 3.8) is 0 Å². The third kappa shape index (κ3) is 3.86. The van der Waals surface area contributed by atoms with Gasteiger partial charge >= 0.3 is 0 Å². The minimum atomic E-state index is -2.56. The number of anilines is 1. The van der Waals surface area contributed by atoms with Gasteiger partial charge in [-0.05, 0) is 36.6 Å². The quantitative estimate of drug-likeness (QED) is 0.799. The van der Waals surface area contributed by atoms with E-state index in [1.807, 2.05) is 30.0 Å². The number of amides is 1. The van der Waals surface area contributed by atoms with E-state index in [9.17, 15) is 13.6 Å². The fraction of sp³-hybridized carbons (Fsp3) is 0.611. The Balaban J connectivity index is 1.58. The monoisotopic (exact) mass is 338 g/mol. The maximum atomic E-state index is 13.2. The molecule has 6 heteroatoms. The van der Waals surface area contributed by atoms with Gasteiger partial charge in [0.1, 0.15) is 12.4 Å². The molecular weight excluding hydrogens is 314 g/mol. The third-order valence-corrected chi connectivity index (χ3v) is 4.72. The summed E-state index contributed by atoms with van der Waals surface area (Å²) in [5.41, 5.74) is 1.96. The largest absolute Gasteiger partial charge is 0.492 e.